The molecule has 1 aromatic rings. The van der Waals surface area contributed by atoms with Gasteiger partial charge in [0, 0.05) is 19.0 Å². The fraction of sp³-hybridized carbons (Fsp3) is 0.643. The van der Waals surface area contributed by atoms with Crippen molar-refractivity contribution in [2.75, 3.05) is 18.0 Å². The van der Waals surface area contributed by atoms with Crippen LogP contribution in [0.2, 0.25) is 5.02 Å². The van der Waals surface area contributed by atoms with E-state index in [1.54, 1.807) is 0 Å². The molecule has 2 fully saturated rings. The van der Waals surface area contributed by atoms with Crippen LogP contribution in [0.3, 0.4) is 0 Å². The Labute approximate surface area is 133 Å². The number of aromatic amines is 1. The summed E-state index contributed by atoms with van der Waals surface area (Å²) in [4.78, 5) is 25.2. The number of ether oxygens (including phenoxy) is 1. The summed E-state index contributed by atoms with van der Waals surface area (Å²) in [5, 5.41) is 9.03. The number of rotatable bonds is 3. The van der Waals surface area contributed by atoms with E-state index in [4.69, 9.17) is 16.3 Å². The van der Waals surface area contributed by atoms with Crippen LogP contribution in [-0.2, 0) is 4.74 Å². The second kappa shape index (κ2) is 6.16. The van der Waals surface area contributed by atoms with Gasteiger partial charge in [0.15, 0.2) is 0 Å². The molecule has 8 heteroatoms. The van der Waals surface area contributed by atoms with Crippen LogP contribution in [0.25, 0.3) is 0 Å². The lowest BCUT2D eigenvalue weighted by molar-refractivity contribution is 0.0963. The summed E-state index contributed by atoms with van der Waals surface area (Å²) in [6.07, 6.45) is 3.69. The van der Waals surface area contributed by atoms with Gasteiger partial charge in [-0.05, 0) is 18.8 Å². The van der Waals surface area contributed by atoms with E-state index in [1.165, 1.54) is 6.20 Å². The Hall–Kier alpha value is -1.76. The van der Waals surface area contributed by atoms with Crippen molar-refractivity contribution in [3.8, 4) is 0 Å². The van der Waals surface area contributed by atoms with E-state index < -0.39 is 5.56 Å². The third-order valence-electron chi connectivity index (χ3n) is 4.23. The predicted molar refractivity (Wildman–Crippen MR) is 82.3 cm³/mol. The molecule has 1 atom stereocenters. The zero-order valence-electron chi connectivity index (χ0n) is 12.3. The van der Waals surface area contributed by atoms with Gasteiger partial charge in [0.25, 0.3) is 5.56 Å². The fourth-order valence-electron chi connectivity index (χ4n) is 3.01. The van der Waals surface area contributed by atoms with Gasteiger partial charge in [0.05, 0.1) is 18.4 Å². The minimum atomic E-state index is -0.416. The highest BCUT2D eigenvalue weighted by molar-refractivity contribution is 6.33. The molecule has 0 spiro atoms. The molecule has 1 amide bonds. The van der Waals surface area contributed by atoms with Gasteiger partial charge in [-0.3, -0.25) is 4.79 Å². The largest absolute Gasteiger partial charge is 0.444 e. The maximum atomic E-state index is 11.8. The average Bonchev–Trinajstić information content (AvgIpc) is 2.88. The number of nitrogens with zero attached hydrogens (tertiary/aromatic N) is 2. The molecule has 2 heterocycles. The van der Waals surface area contributed by atoms with Crippen molar-refractivity contribution >= 4 is 23.4 Å². The summed E-state index contributed by atoms with van der Waals surface area (Å²) in [7, 11) is 0. The molecule has 0 bridgehead atoms. The highest BCUT2D eigenvalue weighted by Gasteiger charge is 2.31. The lowest BCUT2D eigenvalue weighted by Gasteiger charge is -2.33. The van der Waals surface area contributed by atoms with Crippen molar-refractivity contribution in [3.05, 3.63) is 21.6 Å². The molecule has 0 radical (unpaired) electrons. The number of carbonyl (C=O) groups excluding carboxylic acids is 1. The minimum absolute atomic E-state index is 0.114. The molecule has 1 aliphatic carbocycles. The van der Waals surface area contributed by atoms with Crippen molar-refractivity contribution in [3.63, 3.8) is 0 Å². The van der Waals surface area contributed by atoms with Crippen LogP contribution >= 0.6 is 11.6 Å². The molecule has 1 saturated heterocycles. The molecule has 0 aromatic carbocycles. The normalized spacial score (nSPS) is 27.4. The summed E-state index contributed by atoms with van der Waals surface area (Å²) in [6, 6.07) is 0.242. The van der Waals surface area contributed by atoms with Gasteiger partial charge in [0.2, 0.25) is 0 Å². The summed E-state index contributed by atoms with van der Waals surface area (Å²) < 4.78 is 5.43. The molecule has 7 nitrogen and oxygen atoms in total. The Morgan fingerprint density at radius 1 is 1.55 bits per heavy atom. The average molecular weight is 327 g/mol. The minimum Gasteiger partial charge on any atom is -0.444 e. The molecule has 1 aliphatic heterocycles. The first-order chi connectivity index (χ1) is 10.5. The van der Waals surface area contributed by atoms with Crippen LogP contribution in [-0.4, -0.2) is 41.5 Å². The maximum Gasteiger partial charge on any atom is 0.407 e. The molecule has 2 N–H and O–H groups in total. The number of halogens is 1. The van der Waals surface area contributed by atoms with Crippen LogP contribution in [0.5, 0.6) is 0 Å². The summed E-state index contributed by atoms with van der Waals surface area (Å²) in [5.74, 6) is 0.679. The second-order valence-corrected chi connectivity index (χ2v) is 6.46. The number of hydrogen-bond donors (Lipinski definition) is 2. The third-order valence-corrected chi connectivity index (χ3v) is 4.60. The topological polar surface area (TPSA) is 87.3 Å². The Morgan fingerprint density at radius 2 is 2.32 bits per heavy atom. The molecule has 120 valence electrons. The number of carbonyl (C=O) groups is 1. The zero-order valence-corrected chi connectivity index (χ0v) is 13.1. The Balaban J connectivity index is 1.53. The first kappa shape index (κ1) is 15.1. The van der Waals surface area contributed by atoms with Crippen molar-refractivity contribution in [1.29, 1.82) is 0 Å². The Kier molecular flexibility index (Phi) is 4.24. The van der Waals surface area contributed by atoms with E-state index in [0.717, 1.165) is 12.8 Å². The summed E-state index contributed by atoms with van der Waals surface area (Å²) >= 11 is 5.99. The SMILES string of the molecule is C[C@H]1C[C@H](NC(=O)O[C@@H]2CCN(c3cn[nH]c(=O)c3Cl)C2)C1. The monoisotopic (exact) mass is 326 g/mol. The van der Waals surface area contributed by atoms with E-state index in [-0.39, 0.29) is 23.3 Å². The Bertz CT molecular complexity index is 614. The van der Waals surface area contributed by atoms with E-state index in [9.17, 15) is 9.59 Å². The van der Waals surface area contributed by atoms with Gasteiger partial charge < -0.3 is 15.0 Å². The molecule has 3 rings (SSSR count). The van der Waals surface area contributed by atoms with Gasteiger partial charge >= 0.3 is 6.09 Å². The van der Waals surface area contributed by atoms with Gasteiger partial charge in [-0.25, -0.2) is 9.89 Å². The van der Waals surface area contributed by atoms with Crippen LogP contribution < -0.4 is 15.8 Å². The first-order valence-electron chi connectivity index (χ1n) is 7.48. The van der Waals surface area contributed by atoms with Crippen molar-refractivity contribution in [2.24, 2.45) is 5.92 Å². The Morgan fingerprint density at radius 3 is 3.05 bits per heavy atom. The van der Waals surface area contributed by atoms with Gasteiger partial charge in [-0.2, -0.15) is 5.10 Å². The lowest BCUT2D eigenvalue weighted by atomic mass is 9.82. The molecule has 1 saturated carbocycles. The lowest BCUT2D eigenvalue weighted by Crippen LogP contribution is -2.44. The number of alkyl carbamates (subject to hydrolysis) is 1. The third kappa shape index (κ3) is 3.19. The quantitative estimate of drug-likeness (QED) is 0.879. The van der Waals surface area contributed by atoms with Gasteiger partial charge in [0.1, 0.15) is 11.1 Å². The van der Waals surface area contributed by atoms with Crippen molar-refractivity contribution in [1.82, 2.24) is 15.5 Å². The van der Waals surface area contributed by atoms with Crippen molar-refractivity contribution in [2.45, 2.75) is 38.3 Å². The predicted octanol–water partition coefficient (Wildman–Crippen LogP) is 1.53. The number of hydrogen-bond acceptors (Lipinski definition) is 5. The van der Waals surface area contributed by atoms with Gasteiger partial charge in [-0.1, -0.05) is 18.5 Å². The van der Waals surface area contributed by atoms with Crippen LogP contribution in [0, 0.1) is 5.92 Å². The highest BCUT2D eigenvalue weighted by atomic mass is 35.5. The smallest absolute Gasteiger partial charge is 0.407 e. The zero-order chi connectivity index (χ0) is 15.7. The first-order valence-corrected chi connectivity index (χ1v) is 7.86. The molecular formula is C14H19ClN4O3. The number of aromatic nitrogens is 2. The fourth-order valence-corrected chi connectivity index (χ4v) is 3.22. The molecule has 2 aliphatic rings. The van der Waals surface area contributed by atoms with E-state index in [1.807, 2.05) is 4.90 Å². The number of amides is 1. The standard InChI is InChI=1S/C14H19ClN4O3/c1-8-4-9(5-8)17-14(21)22-10-2-3-19(7-10)11-6-16-18-13(20)12(11)15/h6,8-10H,2-5,7H2,1H3,(H,17,21)(H,18,20)/t8-,9-,10-/m1/s1. The maximum absolute atomic E-state index is 11.8. The number of H-pyrrole nitrogens is 1. The molecule has 22 heavy (non-hydrogen) atoms. The van der Waals surface area contributed by atoms with Gasteiger partial charge in [-0.15, -0.1) is 0 Å². The highest BCUT2D eigenvalue weighted by Crippen LogP contribution is 2.27. The van der Waals surface area contributed by atoms with E-state index in [0.29, 0.717) is 31.1 Å². The van der Waals surface area contributed by atoms with E-state index in [2.05, 4.69) is 22.4 Å². The second-order valence-electron chi connectivity index (χ2n) is 6.08. The number of nitrogens with one attached hydrogen (secondary N) is 2. The molecular weight excluding hydrogens is 308 g/mol. The van der Waals surface area contributed by atoms with Crippen LogP contribution in [0.15, 0.2) is 11.0 Å². The number of anilines is 1. The summed E-state index contributed by atoms with van der Waals surface area (Å²) in [5.41, 5.74) is 0.158. The van der Waals surface area contributed by atoms with Crippen molar-refractivity contribution < 1.29 is 9.53 Å². The molecule has 1 aromatic heterocycles. The van der Waals surface area contributed by atoms with Crippen LogP contribution in [0.4, 0.5) is 10.5 Å². The molecule has 0 unspecified atom stereocenters. The van der Waals surface area contributed by atoms with E-state index >= 15 is 0 Å². The summed E-state index contributed by atoms with van der Waals surface area (Å²) in [6.45, 7) is 3.35. The van der Waals surface area contributed by atoms with Crippen LogP contribution in [0.1, 0.15) is 26.2 Å².